The predicted octanol–water partition coefficient (Wildman–Crippen LogP) is 3.73. The summed E-state index contributed by atoms with van der Waals surface area (Å²) in [5, 5.41) is 18.6. The summed E-state index contributed by atoms with van der Waals surface area (Å²) in [6.07, 6.45) is 8.86. The Morgan fingerprint density at radius 2 is 2.09 bits per heavy atom. The van der Waals surface area contributed by atoms with E-state index >= 15 is 0 Å². The molecule has 9 nitrogen and oxygen atoms in total. The lowest BCUT2D eigenvalue weighted by Gasteiger charge is -2.38. The predicted molar refractivity (Wildman–Crippen MR) is 126 cm³/mol. The molecule has 1 aromatic carbocycles. The minimum Gasteiger partial charge on any atom is -0.490 e. The summed E-state index contributed by atoms with van der Waals surface area (Å²) in [6.45, 7) is 6.83. The summed E-state index contributed by atoms with van der Waals surface area (Å²) < 4.78 is 13.3. The SMILES string of the molecule is CCOc1cc(CNC2CCC3(CCCN3)CC2)ccc1OCCn1c([N+](=O)[O-])cnc1C. The van der Waals surface area contributed by atoms with Crippen LogP contribution in [-0.4, -0.2) is 45.8 Å². The van der Waals surface area contributed by atoms with E-state index in [2.05, 4.69) is 21.7 Å². The first kappa shape index (κ1) is 23.5. The van der Waals surface area contributed by atoms with Gasteiger partial charge in [-0.25, -0.2) is 9.55 Å². The number of aromatic nitrogens is 2. The number of imidazole rings is 1. The van der Waals surface area contributed by atoms with E-state index in [9.17, 15) is 10.1 Å². The summed E-state index contributed by atoms with van der Waals surface area (Å²) in [7, 11) is 0. The van der Waals surface area contributed by atoms with E-state index in [4.69, 9.17) is 9.47 Å². The van der Waals surface area contributed by atoms with E-state index in [-0.39, 0.29) is 12.4 Å². The molecule has 1 saturated carbocycles. The van der Waals surface area contributed by atoms with Gasteiger partial charge in [0.25, 0.3) is 0 Å². The van der Waals surface area contributed by atoms with E-state index < -0.39 is 4.92 Å². The van der Waals surface area contributed by atoms with Crippen molar-refractivity contribution in [3.05, 3.63) is 45.9 Å². The number of nitro groups is 1. The molecule has 2 N–H and O–H groups in total. The van der Waals surface area contributed by atoms with Gasteiger partial charge in [-0.3, -0.25) is 0 Å². The molecule has 0 atom stereocenters. The molecule has 1 saturated heterocycles. The van der Waals surface area contributed by atoms with Crippen molar-refractivity contribution in [1.29, 1.82) is 0 Å². The van der Waals surface area contributed by atoms with Gasteiger partial charge in [-0.05, 0) is 74.6 Å². The van der Waals surface area contributed by atoms with E-state index in [0.717, 1.165) is 12.1 Å². The van der Waals surface area contributed by atoms with Gasteiger partial charge in [-0.1, -0.05) is 6.07 Å². The van der Waals surface area contributed by atoms with E-state index in [1.54, 1.807) is 11.5 Å². The highest BCUT2D eigenvalue weighted by atomic mass is 16.6. The lowest BCUT2D eigenvalue weighted by atomic mass is 9.78. The first-order valence-electron chi connectivity index (χ1n) is 12.0. The summed E-state index contributed by atoms with van der Waals surface area (Å²) >= 11 is 0. The number of benzene rings is 1. The van der Waals surface area contributed by atoms with Gasteiger partial charge in [0, 0.05) is 25.0 Å². The zero-order valence-electron chi connectivity index (χ0n) is 19.6. The van der Waals surface area contributed by atoms with Gasteiger partial charge in [0.15, 0.2) is 17.3 Å². The Morgan fingerprint density at radius 3 is 2.79 bits per heavy atom. The molecule has 0 radical (unpaired) electrons. The fourth-order valence-corrected chi connectivity index (χ4v) is 5.11. The van der Waals surface area contributed by atoms with Crippen molar-refractivity contribution in [2.24, 2.45) is 0 Å². The van der Waals surface area contributed by atoms with Crippen LogP contribution in [0.5, 0.6) is 11.5 Å². The van der Waals surface area contributed by atoms with E-state index in [0.29, 0.717) is 42.1 Å². The van der Waals surface area contributed by atoms with Crippen LogP contribution in [0.2, 0.25) is 0 Å². The Balaban J connectivity index is 1.31. The van der Waals surface area contributed by atoms with Gasteiger partial charge >= 0.3 is 5.82 Å². The second-order valence-electron chi connectivity index (χ2n) is 9.10. The van der Waals surface area contributed by atoms with Crippen LogP contribution in [0.3, 0.4) is 0 Å². The highest BCUT2D eigenvalue weighted by Gasteiger charge is 2.37. The maximum atomic E-state index is 11.2. The molecule has 1 aliphatic carbocycles. The quantitative estimate of drug-likeness (QED) is 0.414. The van der Waals surface area contributed by atoms with Gasteiger partial charge in [-0.2, -0.15) is 0 Å². The van der Waals surface area contributed by atoms with Crippen LogP contribution in [-0.2, 0) is 13.1 Å². The van der Waals surface area contributed by atoms with Crippen molar-refractivity contribution in [2.45, 2.75) is 77.0 Å². The second-order valence-corrected chi connectivity index (χ2v) is 9.10. The van der Waals surface area contributed by atoms with Crippen LogP contribution < -0.4 is 20.1 Å². The number of hydrogen-bond acceptors (Lipinski definition) is 7. The molecule has 1 aromatic heterocycles. The standard InChI is InChI=1S/C24H35N5O4/c1-3-32-22-15-19(16-26-20-7-10-24(11-8-20)9-4-12-27-24)5-6-21(22)33-14-13-28-18(2)25-17-23(28)29(30)31/h5-6,15,17,20,26-27H,3-4,7-14,16H2,1-2H3. The normalized spacial score (nSPS) is 22.5. The molecule has 1 aliphatic heterocycles. The number of aryl methyl sites for hydroxylation is 1. The lowest BCUT2D eigenvalue weighted by molar-refractivity contribution is -0.392. The molecule has 2 aliphatic rings. The third-order valence-corrected chi connectivity index (χ3v) is 6.97. The zero-order valence-corrected chi connectivity index (χ0v) is 19.6. The molecule has 0 amide bonds. The van der Waals surface area contributed by atoms with Crippen LogP contribution in [0.4, 0.5) is 5.82 Å². The van der Waals surface area contributed by atoms with Crippen molar-refractivity contribution in [3.63, 3.8) is 0 Å². The monoisotopic (exact) mass is 457 g/mol. The molecule has 0 bridgehead atoms. The summed E-state index contributed by atoms with van der Waals surface area (Å²) in [6, 6.07) is 6.56. The van der Waals surface area contributed by atoms with Gasteiger partial charge in [0.05, 0.1) is 6.61 Å². The van der Waals surface area contributed by atoms with E-state index in [1.807, 2.05) is 19.1 Å². The smallest absolute Gasteiger partial charge is 0.342 e. The van der Waals surface area contributed by atoms with E-state index in [1.165, 1.54) is 51.3 Å². The summed E-state index contributed by atoms with van der Waals surface area (Å²) in [4.78, 5) is 14.8. The van der Waals surface area contributed by atoms with Crippen LogP contribution in [0.15, 0.2) is 24.4 Å². The topological polar surface area (TPSA) is 103 Å². The fourth-order valence-electron chi connectivity index (χ4n) is 5.11. The van der Waals surface area contributed by atoms with Crippen LogP contribution in [0.1, 0.15) is 56.8 Å². The zero-order chi connectivity index (χ0) is 23.3. The Hall–Kier alpha value is -2.65. The number of ether oxygens (including phenoxy) is 2. The maximum Gasteiger partial charge on any atom is 0.342 e. The first-order valence-corrected chi connectivity index (χ1v) is 12.0. The Labute approximate surface area is 195 Å². The van der Waals surface area contributed by atoms with Crippen molar-refractivity contribution in [2.75, 3.05) is 19.8 Å². The van der Waals surface area contributed by atoms with Crippen molar-refractivity contribution in [3.8, 4) is 11.5 Å². The number of hydrogen-bond donors (Lipinski definition) is 2. The number of nitrogens with zero attached hydrogens (tertiary/aromatic N) is 3. The summed E-state index contributed by atoms with van der Waals surface area (Å²) in [5.41, 5.74) is 1.57. The van der Waals surface area contributed by atoms with Crippen LogP contribution in [0.25, 0.3) is 0 Å². The lowest BCUT2D eigenvalue weighted by Crippen LogP contribution is -2.46. The molecule has 33 heavy (non-hydrogen) atoms. The second kappa shape index (κ2) is 10.5. The van der Waals surface area contributed by atoms with Crippen molar-refractivity contribution >= 4 is 5.82 Å². The van der Waals surface area contributed by atoms with Gasteiger partial charge < -0.3 is 30.2 Å². The van der Waals surface area contributed by atoms with Crippen LogP contribution in [0, 0.1) is 17.0 Å². The average molecular weight is 458 g/mol. The Kier molecular flexibility index (Phi) is 7.49. The molecule has 1 spiro atoms. The minimum absolute atomic E-state index is 0.0279. The van der Waals surface area contributed by atoms with Gasteiger partial charge in [0.2, 0.25) is 0 Å². The molecule has 4 rings (SSSR count). The van der Waals surface area contributed by atoms with Crippen molar-refractivity contribution in [1.82, 2.24) is 20.2 Å². The molecule has 2 fully saturated rings. The third-order valence-electron chi connectivity index (χ3n) is 6.97. The number of rotatable bonds is 10. The fraction of sp³-hybridized carbons (Fsp3) is 0.625. The molecule has 2 heterocycles. The molecule has 2 aromatic rings. The van der Waals surface area contributed by atoms with Crippen LogP contribution >= 0.6 is 0 Å². The molecule has 9 heteroatoms. The minimum atomic E-state index is -0.427. The summed E-state index contributed by atoms with van der Waals surface area (Å²) in [5.74, 6) is 1.91. The Morgan fingerprint density at radius 1 is 1.27 bits per heavy atom. The third kappa shape index (κ3) is 5.65. The molecule has 0 unspecified atom stereocenters. The highest BCUT2D eigenvalue weighted by Crippen LogP contribution is 2.35. The Bertz CT molecular complexity index is 944. The molecular formula is C24H35N5O4. The molecular weight excluding hydrogens is 422 g/mol. The van der Waals surface area contributed by atoms with Crippen molar-refractivity contribution < 1.29 is 14.4 Å². The molecule has 180 valence electrons. The average Bonchev–Trinajstić information content (AvgIpc) is 3.42. The number of nitrogens with one attached hydrogen (secondary N) is 2. The first-order chi connectivity index (χ1) is 16.0. The van der Waals surface area contributed by atoms with Gasteiger partial charge in [0.1, 0.15) is 19.3 Å². The maximum absolute atomic E-state index is 11.2. The van der Waals surface area contributed by atoms with Gasteiger partial charge in [-0.15, -0.1) is 0 Å². The highest BCUT2D eigenvalue weighted by molar-refractivity contribution is 5.43. The largest absolute Gasteiger partial charge is 0.490 e.